The number of ether oxygens (including phenoxy) is 1. The summed E-state index contributed by atoms with van der Waals surface area (Å²) in [4.78, 5) is 7.82. The molecule has 1 aromatic heterocycles. The van der Waals surface area contributed by atoms with E-state index in [-0.39, 0.29) is 12.1 Å². The normalized spacial score (nSPS) is 25.4. The molecular weight excluding hydrogens is 226 g/mol. The van der Waals surface area contributed by atoms with E-state index in [2.05, 4.69) is 16.9 Å². The Kier molecular flexibility index (Phi) is 3.49. The van der Waals surface area contributed by atoms with Gasteiger partial charge < -0.3 is 10.5 Å². The van der Waals surface area contributed by atoms with Gasteiger partial charge in [-0.1, -0.05) is 24.9 Å². The average Bonchev–Trinajstić information content (AvgIpc) is 2.20. The Balaban J connectivity index is 2.07. The van der Waals surface area contributed by atoms with E-state index in [1.54, 1.807) is 6.07 Å². The third-order valence-corrected chi connectivity index (χ3v) is 3.19. The van der Waals surface area contributed by atoms with E-state index in [9.17, 15) is 0 Å². The van der Waals surface area contributed by atoms with Crippen molar-refractivity contribution < 1.29 is 4.74 Å². The molecule has 16 heavy (non-hydrogen) atoms. The van der Waals surface area contributed by atoms with Crippen LogP contribution in [0.1, 0.15) is 32.6 Å². The van der Waals surface area contributed by atoms with Crippen LogP contribution in [0.25, 0.3) is 0 Å². The van der Waals surface area contributed by atoms with Crippen LogP contribution in [0.2, 0.25) is 5.15 Å². The van der Waals surface area contributed by atoms with E-state index in [0.717, 1.165) is 6.42 Å². The van der Waals surface area contributed by atoms with Crippen LogP contribution in [0.15, 0.2) is 6.07 Å². The molecule has 1 aromatic rings. The highest BCUT2D eigenvalue weighted by Crippen LogP contribution is 2.28. The molecule has 1 aliphatic rings. The topological polar surface area (TPSA) is 61.0 Å². The number of halogens is 1. The molecule has 88 valence electrons. The number of nitrogens with zero attached hydrogens (tertiary/aromatic N) is 2. The van der Waals surface area contributed by atoms with Crippen molar-refractivity contribution in [2.45, 2.75) is 38.7 Å². The van der Waals surface area contributed by atoms with Crippen molar-refractivity contribution >= 4 is 17.5 Å². The Bertz CT molecular complexity index is 352. The molecule has 0 aromatic carbocycles. The van der Waals surface area contributed by atoms with Gasteiger partial charge in [-0.05, 0) is 25.2 Å². The van der Waals surface area contributed by atoms with E-state index in [1.807, 2.05) is 0 Å². The van der Waals surface area contributed by atoms with Crippen molar-refractivity contribution in [2.75, 3.05) is 5.73 Å². The lowest BCUT2D eigenvalue weighted by atomic mass is 9.88. The van der Waals surface area contributed by atoms with Gasteiger partial charge in [0.05, 0.1) is 0 Å². The first kappa shape index (κ1) is 11.5. The van der Waals surface area contributed by atoms with Crippen LogP contribution in [-0.4, -0.2) is 16.1 Å². The second-order valence-electron chi connectivity index (χ2n) is 4.31. The van der Waals surface area contributed by atoms with Crippen LogP contribution in [0.3, 0.4) is 0 Å². The molecule has 0 aliphatic heterocycles. The SMILES string of the molecule is CC1CCCCC1Oc1cc(Cl)nc(N)n1. The zero-order chi connectivity index (χ0) is 11.5. The molecule has 1 aliphatic carbocycles. The predicted octanol–water partition coefficient (Wildman–Crippen LogP) is 2.67. The summed E-state index contributed by atoms with van der Waals surface area (Å²) in [5, 5.41) is 0.325. The molecule has 2 N–H and O–H groups in total. The summed E-state index contributed by atoms with van der Waals surface area (Å²) < 4.78 is 5.81. The average molecular weight is 242 g/mol. The van der Waals surface area contributed by atoms with Crippen molar-refractivity contribution in [3.8, 4) is 5.88 Å². The summed E-state index contributed by atoms with van der Waals surface area (Å²) in [5.74, 6) is 1.20. The van der Waals surface area contributed by atoms with Gasteiger partial charge in [0.1, 0.15) is 11.3 Å². The molecule has 0 bridgehead atoms. The number of hydrogen-bond donors (Lipinski definition) is 1. The predicted molar refractivity (Wildman–Crippen MR) is 63.5 cm³/mol. The monoisotopic (exact) mass is 241 g/mol. The lowest BCUT2D eigenvalue weighted by molar-refractivity contribution is 0.0976. The van der Waals surface area contributed by atoms with Gasteiger partial charge in [0.2, 0.25) is 11.8 Å². The lowest BCUT2D eigenvalue weighted by Gasteiger charge is -2.28. The molecule has 0 radical (unpaired) electrons. The fraction of sp³-hybridized carbons (Fsp3) is 0.636. The van der Waals surface area contributed by atoms with Crippen molar-refractivity contribution in [1.82, 2.24) is 9.97 Å². The molecule has 0 saturated heterocycles. The van der Waals surface area contributed by atoms with E-state index < -0.39 is 0 Å². The van der Waals surface area contributed by atoms with E-state index in [1.165, 1.54) is 19.3 Å². The van der Waals surface area contributed by atoms with Crippen molar-refractivity contribution in [1.29, 1.82) is 0 Å². The summed E-state index contributed by atoms with van der Waals surface area (Å²) in [5.41, 5.74) is 5.51. The summed E-state index contributed by atoms with van der Waals surface area (Å²) >= 11 is 5.79. The van der Waals surface area contributed by atoms with E-state index in [4.69, 9.17) is 22.1 Å². The maximum absolute atomic E-state index is 5.81. The molecule has 2 atom stereocenters. The number of aromatic nitrogens is 2. The summed E-state index contributed by atoms with van der Waals surface area (Å²) in [6.07, 6.45) is 5.00. The van der Waals surface area contributed by atoms with Crippen molar-refractivity contribution in [3.05, 3.63) is 11.2 Å². The highest BCUT2D eigenvalue weighted by atomic mass is 35.5. The summed E-state index contributed by atoms with van der Waals surface area (Å²) in [7, 11) is 0. The molecule has 0 amide bonds. The molecular formula is C11H16ClN3O. The second-order valence-corrected chi connectivity index (χ2v) is 4.69. The standard InChI is InChI=1S/C11H16ClN3O/c1-7-4-2-3-5-8(7)16-10-6-9(12)14-11(13)15-10/h6-8H,2-5H2,1H3,(H2,13,14,15). The van der Waals surface area contributed by atoms with Gasteiger partial charge in [-0.15, -0.1) is 0 Å². The first-order chi connectivity index (χ1) is 7.65. The minimum atomic E-state index is 0.158. The van der Waals surface area contributed by atoms with E-state index in [0.29, 0.717) is 17.0 Å². The molecule has 1 fully saturated rings. The largest absolute Gasteiger partial charge is 0.474 e. The van der Waals surface area contributed by atoms with Gasteiger partial charge in [-0.25, -0.2) is 4.98 Å². The van der Waals surface area contributed by atoms with Gasteiger partial charge in [0.25, 0.3) is 0 Å². The molecule has 1 heterocycles. The van der Waals surface area contributed by atoms with Crippen molar-refractivity contribution in [2.24, 2.45) is 5.92 Å². The molecule has 0 spiro atoms. The van der Waals surface area contributed by atoms with Crippen LogP contribution in [0.4, 0.5) is 5.95 Å². The lowest BCUT2D eigenvalue weighted by Crippen LogP contribution is -2.28. The van der Waals surface area contributed by atoms with Crippen molar-refractivity contribution in [3.63, 3.8) is 0 Å². The van der Waals surface area contributed by atoms with Gasteiger partial charge in [0.15, 0.2) is 0 Å². The number of nitrogen functional groups attached to an aromatic ring is 1. The molecule has 5 heteroatoms. The quantitative estimate of drug-likeness (QED) is 0.809. The van der Waals surface area contributed by atoms with Gasteiger partial charge in [0, 0.05) is 6.07 Å². The Morgan fingerprint density at radius 3 is 2.81 bits per heavy atom. The smallest absolute Gasteiger partial charge is 0.224 e. The van der Waals surface area contributed by atoms with Crippen LogP contribution < -0.4 is 10.5 Å². The fourth-order valence-electron chi connectivity index (χ4n) is 2.09. The first-order valence-electron chi connectivity index (χ1n) is 5.62. The van der Waals surface area contributed by atoms with Gasteiger partial charge in [-0.3, -0.25) is 0 Å². The highest BCUT2D eigenvalue weighted by molar-refractivity contribution is 6.29. The summed E-state index contributed by atoms with van der Waals surface area (Å²) in [6, 6.07) is 1.61. The van der Waals surface area contributed by atoms with Crippen LogP contribution in [0.5, 0.6) is 5.88 Å². The fourth-order valence-corrected chi connectivity index (χ4v) is 2.27. The number of anilines is 1. The Morgan fingerprint density at radius 2 is 2.12 bits per heavy atom. The van der Waals surface area contributed by atoms with Gasteiger partial charge in [-0.2, -0.15) is 4.98 Å². The maximum Gasteiger partial charge on any atom is 0.224 e. The zero-order valence-electron chi connectivity index (χ0n) is 9.32. The molecule has 2 unspecified atom stereocenters. The third-order valence-electron chi connectivity index (χ3n) is 2.99. The number of hydrogen-bond acceptors (Lipinski definition) is 4. The Labute approximate surface area is 100 Å². The van der Waals surface area contributed by atoms with E-state index >= 15 is 0 Å². The highest BCUT2D eigenvalue weighted by Gasteiger charge is 2.23. The third kappa shape index (κ3) is 2.76. The van der Waals surface area contributed by atoms with Crippen LogP contribution >= 0.6 is 11.6 Å². The summed E-state index contributed by atoms with van der Waals surface area (Å²) in [6.45, 7) is 2.20. The van der Waals surface area contributed by atoms with Gasteiger partial charge >= 0.3 is 0 Å². The van der Waals surface area contributed by atoms with Crippen LogP contribution in [0, 0.1) is 5.92 Å². The van der Waals surface area contributed by atoms with Crippen LogP contribution in [-0.2, 0) is 0 Å². The molecule has 2 rings (SSSR count). The Morgan fingerprint density at radius 1 is 1.38 bits per heavy atom. The first-order valence-corrected chi connectivity index (χ1v) is 5.99. The number of nitrogens with two attached hydrogens (primary N) is 1. The number of rotatable bonds is 2. The minimum Gasteiger partial charge on any atom is -0.474 e. The zero-order valence-corrected chi connectivity index (χ0v) is 10.1. The molecule has 4 nitrogen and oxygen atoms in total. The molecule has 1 saturated carbocycles. The maximum atomic E-state index is 5.81. The minimum absolute atomic E-state index is 0.158. The second kappa shape index (κ2) is 4.87. The Hall–Kier alpha value is -1.03.